The summed E-state index contributed by atoms with van der Waals surface area (Å²) in [6.07, 6.45) is 11.3. The molecule has 0 unspecified atom stereocenters. The number of fused-ring (bicyclic) bond motifs is 1. The largest absolute Gasteiger partial charge is 0.484 e. The third kappa shape index (κ3) is 8.34. The molecule has 0 spiro atoms. The maximum atomic E-state index is 15.3. The number of hydrogen-bond acceptors (Lipinski definition) is 1. The molecule has 0 N–H and O–H groups in total. The lowest BCUT2D eigenvalue weighted by Gasteiger charge is -2.28. The summed E-state index contributed by atoms with van der Waals surface area (Å²) in [6, 6.07) is 16.5. The van der Waals surface area contributed by atoms with Crippen LogP contribution in [-0.4, -0.2) is 12.8 Å². The van der Waals surface area contributed by atoms with Crippen molar-refractivity contribution >= 4 is 10.8 Å². The molecule has 1 aliphatic carbocycles. The van der Waals surface area contributed by atoms with Gasteiger partial charge in [0, 0.05) is 5.39 Å². The summed E-state index contributed by atoms with van der Waals surface area (Å²) in [4.78, 5) is 0. The molecule has 0 aliphatic heterocycles. The first-order valence-electron chi connectivity index (χ1n) is 13.9. The van der Waals surface area contributed by atoms with Crippen LogP contribution < -0.4 is 4.74 Å². The number of benzene rings is 3. The Bertz CT molecular complexity index is 1190. The molecule has 4 rings (SSSR count). The van der Waals surface area contributed by atoms with Gasteiger partial charge in [-0.15, -0.1) is 0 Å². The summed E-state index contributed by atoms with van der Waals surface area (Å²) in [6.45, 7) is 0.779. The average molecular weight is 527 g/mol. The number of ether oxygens (including phenoxy) is 1. The minimum atomic E-state index is -4.36. The van der Waals surface area contributed by atoms with Gasteiger partial charge in [0.2, 0.25) is 0 Å². The van der Waals surface area contributed by atoms with Crippen LogP contribution in [-0.2, 0) is 19.3 Å². The summed E-state index contributed by atoms with van der Waals surface area (Å²) in [5.41, 5.74) is 2.84. The number of alkyl halides is 3. The van der Waals surface area contributed by atoms with Gasteiger partial charge in [-0.25, -0.2) is 4.39 Å². The fourth-order valence-corrected chi connectivity index (χ4v) is 5.61. The van der Waals surface area contributed by atoms with Gasteiger partial charge in [0.15, 0.2) is 6.61 Å². The zero-order chi connectivity index (χ0) is 27.0. The first-order chi connectivity index (χ1) is 18.3. The standard InChI is InChI=1S/C33H38F4O/c1-2-3-4-5-24-6-8-25(9-7-24)10-11-27-15-21-31-29(22-27)18-17-28(32(31)34)16-12-26-13-19-30(20-14-26)38-23-33(35,36)37/h2-3,13-15,17-22,24-25H,4-12,16,23H2,1H3/b3-2+. The van der Waals surface area contributed by atoms with Gasteiger partial charge in [-0.05, 0) is 91.5 Å². The lowest BCUT2D eigenvalue weighted by Crippen LogP contribution is -2.19. The number of aryl methyl sites for hydroxylation is 3. The Balaban J connectivity index is 1.28. The Morgan fingerprint density at radius 2 is 1.50 bits per heavy atom. The second kappa shape index (κ2) is 13.3. The van der Waals surface area contributed by atoms with Crippen molar-refractivity contribution in [2.45, 2.75) is 77.3 Å². The van der Waals surface area contributed by atoms with Crippen molar-refractivity contribution in [2.75, 3.05) is 6.61 Å². The van der Waals surface area contributed by atoms with Crippen molar-refractivity contribution in [1.82, 2.24) is 0 Å². The van der Waals surface area contributed by atoms with Crippen LogP contribution in [0.4, 0.5) is 17.6 Å². The minimum Gasteiger partial charge on any atom is -0.484 e. The molecular weight excluding hydrogens is 488 g/mol. The minimum absolute atomic E-state index is 0.173. The Morgan fingerprint density at radius 1 is 0.816 bits per heavy atom. The summed E-state index contributed by atoms with van der Waals surface area (Å²) >= 11 is 0. The second-order valence-corrected chi connectivity index (χ2v) is 10.7. The SMILES string of the molecule is C/C=C/CCC1CCC(CCc2ccc3c(F)c(CCc4ccc(OCC(F)(F)F)cc4)ccc3c2)CC1. The van der Waals surface area contributed by atoms with Gasteiger partial charge < -0.3 is 4.74 Å². The lowest BCUT2D eigenvalue weighted by molar-refractivity contribution is -0.153. The molecular formula is C33H38F4O. The topological polar surface area (TPSA) is 9.23 Å². The van der Waals surface area contributed by atoms with Gasteiger partial charge >= 0.3 is 6.18 Å². The summed E-state index contributed by atoms with van der Waals surface area (Å²) in [7, 11) is 0. The maximum absolute atomic E-state index is 15.3. The van der Waals surface area contributed by atoms with Crippen molar-refractivity contribution < 1.29 is 22.3 Å². The van der Waals surface area contributed by atoms with Crippen LogP contribution in [0.5, 0.6) is 5.75 Å². The molecule has 0 bridgehead atoms. The van der Waals surface area contributed by atoms with E-state index in [-0.39, 0.29) is 11.6 Å². The smallest absolute Gasteiger partial charge is 0.422 e. The van der Waals surface area contributed by atoms with E-state index in [9.17, 15) is 13.2 Å². The van der Waals surface area contributed by atoms with E-state index in [0.717, 1.165) is 29.2 Å². The van der Waals surface area contributed by atoms with Crippen LogP contribution in [0.25, 0.3) is 10.8 Å². The van der Waals surface area contributed by atoms with Gasteiger partial charge in [0.05, 0.1) is 0 Å². The molecule has 1 saturated carbocycles. The van der Waals surface area contributed by atoms with E-state index in [1.807, 2.05) is 18.2 Å². The van der Waals surface area contributed by atoms with E-state index in [1.165, 1.54) is 62.6 Å². The molecule has 5 heteroatoms. The van der Waals surface area contributed by atoms with Gasteiger partial charge in [0.25, 0.3) is 0 Å². The number of halogens is 4. The first-order valence-corrected chi connectivity index (χ1v) is 13.9. The quantitative estimate of drug-likeness (QED) is 0.178. The van der Waals surface area contributed by atoms with Crippen LogP contribution in [0.15, 0.2) is 66.7 Å². The number of rotatable bonds is 11. The molecule has 1 fully saturated rings. The molecule has 1 aliphatic rings. The first kappa shape index (κ1) is 28.2. The molecule has 38 heavy (non-hydrogen) atoms. The monoisotopic (exact) mass is 526 g/mol. The van der Waals surface area contributed by atoms with Crippen molar-refractivity contribution in [2.24, 2.45) is 11.8 Å². The predicted octanol–water partition coefficient (Wildman–Crippen LogP) is 9.80. The fraction of sp³-hybridized carbons (Fsp3) is 0.455. The van der Waals surface area contributed by atoms with Crippen LogP contribution in [0, 0.1) is 17.7 Å². The molecule has 0 radical (unpaired) electrons. The predicted molar refractivity (Wildman–Crippen MR) is 147 cm³/mol. The van der Waals surface area contributed by atoms with Crippen molar-refractivity contribution in [3.8, 4) is 5.75 Å². The zero-order valence-electron chi connectivity index (χ0n) is 22.2. The summed E-state index contributed by atoms with van der Waals surface area (Å²) in [5.74, 6) is 1.67. The van der Waals surface area contributed by atoms with Crippen LogP contribution in [0.3, 0.4) is 0 Å². The molecule has 0 amide bonds. The molecule has 3 aromatic carbocycles. The van der Waals surface area contributed by atoms with Crippen molar-refractivity contribution in [1.29, 1.82) is 0 Å². The third-order valence-corrected chi connectivity index (χ3v) is 7.89. The Kier molecular flexibility index (Phi) is 9.87. The molecule has 3 aromatic rings. The van der Waals surface area contributed by atoms with Crippen molar-refractivity contribution in [3.63, 3.8) is 0 Å². The van der Waals surface area contributed by atoms with E-state index < -0.39 is 12.8 Å². The average Bonchev–Trinajstić information content (AvgIpc) is 2.91. The molecule has 0 aromatic heterocycles. The van der Waals surface area contributed by atoms with Crippen LogP contribution in [0.2, 0.25) is 0 Å². The highest BCUT2D eigenvalue weighted by Crippen LogP contribution is 2.34. The van der Waals surface area contributed by atoms with Gasteiger partial charge in [-0.1, -0.05) is 80.3 Å². The fourth-order valence-electron chi connectivity index (χ4n) is 5.61. The van der Waals surface area contributed by atoms with E-state index in [4.69, 9.17) is 4.74 Å². The second-order valence-electron chi connectivity index (χ2n) is 10.7. The van der Waals surface area contributed by atoms with E-state index in [2.05, 4.69) is 31.2 Å². The van der Waals surface area contributed by atoms with Gasteiger partial charge in [0.1, 0.15) is 11.6 Å². The van der Waals surface area contributed by atoms with Crippen molar-refractivity contribution in [3.05, 3.63) is 89.3 Å². The van der Waals surface area contributed by atoms with E-state index in [1.54, 1.807) is 12.1 Å². The normalized spacial score (nSPS) is 18.3. The maximum Gasteiger partial charge on any atom is 0.422 e. The Labute approximate surface area is 223 Å². The number of allylic oxidation sites excluding steroid dienone is 2. The zero-order valence-corrected chi connectivity index (χ0v) is 22.2. The van der Waals surface area contributed by atoms with Crippen LogP contribution in [0.1, 0.15) is 68.6 Å². The van der Waals surface area contributed by atoms with Crippen LogP contribution >= 0.6 is 0 Å². The van der Waals surface area contributed by atoms with Gasteiger partial charge in [-0.3, -0.25) is 0 Å². The highest BCUT2D eigenvalue weighted by Gasteiger charge is 2.28. The summed E-state index contributed by atoms with van der Waals surface area (Å²) < 4.78 is 56.9. The number of hydrogen-bond donors (Lipinski definition) is 0. The molecule has 1 nitrogen and oxygen atoms in total. The Morgan fingerprint density at radius 3 is 2.18 bits per heavy atom. The molecule has 0 saturated heterocycles. The highest BCUT2D eigenvalue weighted by atomic mass is 19.4. The van der Waals surface area contributed by atoms with E-state index >= 15 is 4.39 Å². The summed E-state index contributed by atoms with van der Waals surface area (Å²) in [5, 5.41) is 1.58. The highest BCUT2D eigenvalue weighted by molar-refractivity contribution is 5.84. The van der Waals surface area contributed by atoms with Gasteiger partial charge in [-0.2, -0.15) is 13.2 Å². The third-order valence-electron chi connectivity index (χ3n) is 7.89. The molecule has 204 valence electrons. The lowest BCUT2D eigenvalue weighted by atomic mass is 9.78. The van der Waals surface area contributed by atoms with E-state index in [0.29, 0.717) is 23.8 Å². The molecule has 0 atom stereocenters. The Hall–Kier alpha value is -2.82. The molecule has 0 heterocycles.